The molecule has 3 aliphatic heterocycles. The molecule has 1 atom stereocenters. The summed E-state index contributed by atoms with van der Waals surface area (Å²) in [6, 6.07) is 13.7. The number of benzene rings is 2. The minimum atomic E-state index is -1.73. The van der Waals surface area contributed by atoms with Gasteiger partial charge in [0.25, 0.3) is 17.6 Å². The zero-order valence-electron chi connectivity index (χ0n) is 21.1. The van der Waals surface area contributed by atoms with Gasteiger partial charge in [-0.15, -0.1) is 0 Å². The number of morpholine rings is 1. The number of carbonyl (C=O) groups is 3. The average molecular weight is 506 g/mol. The normalized spacial score (nSPS) is 23.2. The first kappa shape index (κ1) is 25.0. The number of anilines is 1. The summed E-state index contributed by atoms with van der Waals surface area (Å²) >= 11 is 0. The first-order valence-electron chi connectivity index (χ1n) is 12.6. The predicted octanol–water partition coefficient (Wildman–Crippen LogP) is 2.36. The van der Waals surface area contributed by atoms with Crippen molar-refractivity contribution in [2.75, 3.05) is 57.9 Å². The molecule has 9 nitrogen and oxygen atoms in total. The van der Waals surface area contributed by atoms with Crippen molar-refractivity contribution >= 4 is 29.0 Å². The third-order valence-corrected chi connectivity index (χ3v) is 7.34. The summed E-state index contributed by atoms with van der Waals surface area (Å²) in [6.07, 6.45) is 0.566. The maximum Gasteiger partial charge on any atom is 0.296 e. The van der Waals surface area contributed by atoms with E-state index in [4.69, 9.17) is 9.47 Å². The van der Waals surface area contributed by atoms with E-state index in [0.29, 0.717) is 55.4 Å². The number of amides is 2. The number of para-hydroxylation sites is 1. The zero-order valence-corrected chi connectivity index (χ0v) is 21.1. The van der Waals surface area contributed by atoms with E-state index in [-0.39, 0.29) is 17.9 Å². The molecule has 3 heterocycles. The molecule has 2 amide bonds. The van der Waals surface area contributed by atoms with Gasteiger partial charge in [0.15, 0.2) is 5.54 Å². The number of likely N-dealkylation sites (tertiary alicyclic amines) is 1. The molecule has 194 valence electrons. The van der Waals surface area contributed by atoms with Crippen LogP contribution < -0.4 is 9.64 Å². The Kier molecular flexibility index (Phi) is 6.74. The quantitative estimate of drug-likeness (QED) is 0.350. The van der Waals surface area contributed by atoms with E-state index in [1.54, 1.807) is 55.6 Å². The Morgan fingerprint density at radius 3 is 2.43 bits per heavy atom. The van der Waals surface area contributed by atoms with Crippen molar-refractivity contribution in [1.29, 1.82) is 0 Å². The molecule has 5 rings (SSSR count). The Bertz CT molecular complexity index is 1250. The smallest absolute Gasteiger partial charge is 0.296 e. The van der Waals surface area contributed by atoms with Crippen molar-refractivity contribution < 1.29 is 29.0 Å². The Labute approximate surface area is 215 Å². The second kappa shape index (κ2) is 9.99. The lowest BCUT2D eigenvalue weighted by Gasteiger charge is -2.35. The predicted molar refractivity (Wildman–Crippen MR) is 137 cm³/mol. The van der Waals surface area contributed by atoms with E-state index in [2.05, 4.69) is 4.90 Å². The van der Waals surface area contributed by atoms with Crippen LogP contribution in [0, 0.1) is 0 Å². The molecule has 0 bridgehead atoms. The Morgan fingerprint density at radius 2 is 1.73 bits per heavy atom. The number of likely N-dealkylation sites (N-methyl/N-ethyl adjacent to an activating group) is 1. The Balaban J connectivity index is 1.60. The molecule has 0 aromatic heterocycles. The van der Waals surface area contributed by atoms with Gasteiger partial charge in [0, 0.05) is 50.0 Å². The van der Waals surface area contributed by atoms with E-state index in [1.165, 1.54) is 9.80 Å². The molecular formula is C28H31N3O6. The molecule has 2 aromatic carbocycles. The largest absolute Gasteiger partial charge is 0.507 e. The van der Waals surface area contributed by atoms with Crippen molar-refractivity contribution in [3.05, 3.63) is 65.2 Å². The van der Waals surface area contributed by atoms with Crippen molar-refractivity contribution in [3.63, 3.8) is 0 Å². The Hall–Kier alpha value is -3.69. The van der Waals surface area contributed by atoms with Gasteiger partial charge in [-0.3, -0.25) is 19.3 Å². The fourth-order valence-electron chi connectivity index (χ4n) is 5.57. The van der Waals surface area contributed by atoms with Crippen LogP contribution in [-0.4, -0.2) is 85.6 Å². The van der Waals surface area contributed by atoms with Crippen LogP contribution in [0.15, 0.2) is 54.1 Å². The van der Waals surface area contributed by atoms with Crippen LogP contribution in [0.5, 0.6) is 5.75 Å². The minimum Gasteiger partial charge on any atom is -0.507 e. The number of aliphatic hydroxyl groups excluding tert-OH is 1. The van der Waals surface area contributed by atoms with Crippen molar-refractivity contribution in [3.8, 4) is 5.75 Å². The zero-order chi connectivity index (χ0) is 26.2. The second-order valence-electron chi connectivity index (χ2n) is 9.37. The molecule has 0 saturated carbocycles. The number of ketones is 1. The summed E-state index contributed by atoms with van der Waals surface area (Å²) in [5, 5.41) is 11.5. The molecule has 3 aliphatic rings. The number of hydrogen-bond donors (Lipinski definition) is 1. The third kappa shape index (κ3) is 3.98. The van der Waals surface area contributed by atoms with Gasteiger partial charge in [-0.2, -0.15) is 0 Å². The monoisotopic (exact) mass is 505 g/mol. The minimum absolute atomic E-state index is 0.190. The lowest BCUT2D eigenvalue weighted by atomic mass is 9.82. The first-order chi connectivity index (χ1) is 17.9. The van der Waals surface area contributed by atoms with Crippen LogP contribution in [0.3, 0.4) is 0 Å². The molecular weight excluding hydrogens is 474 g/mol. The van der Waals surface area contributed by atoms with Crippen LogP contribution in [-0.2, 0) is 24.7 Å². The van der Waals surface area contributed by atoms with Gasteiger partial charge in [-0.05, 0) is 43.7 Å². The summed E-state index contributed by atoms with van der Waals surface area (Å²) in [5.41, 5.74) is -0.484. The molecule has 2 saturated heterocycles. The number of hydrogen-bond acceptors (Lipinski definition) is 7. The number of nitrogens with zero attached hydrogens (tertiary/aromatic N) is 3. The van der Waals surface area contributed by atoms with Crippen LogP contribution in [0.25, 0.3) is 5.76 Å². The molecule has 9 heteroatoms. The van der Waals surface area contributed by atoms with Crippen LogP contribution in [0.4, 0.5) is 5.69 Å². The first-order valence-corrected chi connectivity index (χ1v) is 12.6. The maximum atomic E-state index is 14.0. The van der Waals surface area contributed by atoms with Crippen LogP contribution in [0.2, 0.25) is 0 Å². The van der Waals surface area contributed by atoms with E-state index in [9.17, 15) is 19.5 Å². The van der Waals surface area contributed by atoms with Gasteiger partial charge >= 0.3 is 0 Å². The highest BCUT2D eigenvalue weighted by Crippen LogP contribution is 2.53. The summed E-state index contributed by atoms with van der Waals surface area (Å²) in [5.74, 6) is -1.86. The van der Waals surface area contributed by atoms with Gasteiger partial charge in [0.2, 0.25) is 0 Å². The van der Waals surface area contributed by atoms with Gasteiger partial charge in [0.1, 0.15) is 11.5 Å². The molecule has 2 aromatic rings. The van der Waals surface area contributed by atoms with E-state index >= 15 is 0 Å². The van der Waals surface area contributed by atoms with E-state index < -0.39 is 23.1 Å². The summed E-state index contributed by atoms with van der Waals surface area (Å²) in [6.45, 7) is 6.16. The molecule has 2 fully saturated rings. The lowest BCUT2D eigenvalue weighted by molar-refractivity contribution is -0.143. The second-order valence-corrected chi connectivity index (χ2v) is 9.37. The Morgan fingerprint density at radius 1 is 1.03 bits per heavy atom. The number of carbonyl (C=O) groups excluding carboxylic acids is 3. The van der Waals surface area contributed by atoms with Gasteiger partial charge in [-0.25, -0.2) is 0 Å². The fourth-order valence-corrected chi connectivity index (χ4v) is 5.57. The maximum absolute atomic E-state index is 14.0. The molecule has 1 unspecified atom stereocenters. The van der Waals surface area contributed by atoms with Crippen LogP contribution in [0.1, 0.15) is 24.5 Å². The summed E-state index contributed by atoms with van der Waals surface area (Å²) in [4.78, 5) is 46.1. The van der Waals surface area contributed by atoms with Crippen molar-refractivity contribution in [2.45, 2.75) is 18.9 Å². The van der Waals surface area contributed by atoms with Gasteiger partial charge in [0.05, 0.1) is 25.4 Å². The van der Waals surface area contributed by atoms with Crippen LogP contribution >= 0.6 is 0 Å². The van der Waals surface area contributed by atoms with Gasteiger partial charge in [-0.1, -0.05) is 18.2 Å². The lowest BCUT2D eigenvalue weighted by Crippen LogP contribution is -2.52. The average Bonchev–Trinajstić information content (AvgIpc) is 3.28. The number of fused-ring (bicyclic) bond motifs is 2. The highest BCUT2D eigenvalue weighted by molar-refractivity contribution is 6.50. The van der Waals surface area contributed by atoms with Gasteiger partial charge < -0.3 is 24.4 Å². The standard InChI is InChI=1S/C28H31N3O6/c1-3-37-20-11-9-19(10-12-20)24(32)23-25(33)26(34)31(14-6-13-30-15-17-36-18-16-30)28(23)21-7-4-5-8-22(21)29(2)27(28)35/h4-5,7-12,32H,3,6,13-18H2,1-2H3/b24-23+. The number of ether oxygens (including phenoxy) is 2. The van der Waals surface area contributed by atoms with Crippen molar-refractivity contribution in [1.82, 2.24) is 9.80 Å². The summed E-state index contributed by atoms with van der Waals surface area (Å²) in [7, 11) is 1.63. The fraction of sp³-hybridized carbons (Fsp3) is 0.393. The highest BCUT2D eigenvalue weighted by atomic mass is 16.5. The number of aliphatic hydroxyl groups is 1. The molecule has 1 N–H and O–H groups in total. The van der Waals surface area contributed by atoms with E-state index in [1.807, 2.05) is 6.92 Å². The van der Waals surface area contributed by atoms with E-state index in [0.717, 1.165) is 13.1 Å². The molecule has 37 heavy (non-hydrogen) atoms. The highest BCUT2D eigenvalue weighted by Gasteiger charge is 2.66. The SMILES string of the molecule is CCOc1ccc(/C(O)=C2/C(=O)C(=O)N(CCCN3CCOCC3)C23C(=O)N(C)c2ccccc23)cc1. The number of rotatable bonds is 7. The molecule has 0 aliphatic carbocycles. The number of Topliss-reactive ketones (excluding diaryl/α,β-unsaturated/α-hetero) is 1. The molecule has 1 spiro atoms. The molecule has 0 radical (unpaired) electrons. The summed E-state index contributed by atoms with van der Waals surface area (Å²) < 4.78 is 10.9. The third-order valence-electron chi connectivity index (χ3n) is 7.34. The topological polar surface area (TPSA) is 99.6 Å². The van der Waals surface area contributed by atoms with Crippen molar-refractivity contribution in [2.24, 2.45) is 0 Å².